The Balaban J connectivity index is 2.58. The Kier molecular flexibility index (Phi) is 2.86. The van der Waals surface area contributed by atoms with Gasteiger partial charge in [-0.1, -0.05) is 12.1 Å². The van der Waals surface area contributed by atoms with Gasteiger partial charge in [-0.3, -0.25) is 4.79 Å². The molecule has 19 heavy (non-hydrogen) atoms. The molecule has 0 unspecified atom stereocenters. The second-order valence-corrected chi connectivity index (χ2v) is 6.74. The van der Waals surface area contributed by atoms with E-state index in [1.54, 1.807) is 6.07 Å². The number of carbonyl (C=O) groups is 1. The van der Waals surface area contributed by atoms with Crippen LogP contribution in [-0.4, -0.2) is 31.0 Å². The largest absolute Gasteiger partial charge is 0.480 e. The van der Waals surface area contributed by atoms with Gasteiger partial charge in [-0.25, -0.2) is 12.8 Å². The molecule has 0 radical (unpaired) electrons. The Hall–Kier alpha value is -1.94. The van der Waals surface area contributed by atoms with Crippen molar-refractivity contribution >= 4 is 15.8 Å². The molecule has 1 aromatic rings. The first-order valence-electron chi connectivity index (χ1n) is 5.34. The van der Waals surface area contributed by atoms with E-state index in [0.29, 0.717) is 0 Å². The maximum atomic E-state index is 13.2. The maximum absolute atomic E-state index is 13.2. The Morgan fingerprint density at radius 1 is 1.53 bits per heavy atom. The fourth-order valence-electron chi connectivity index (χ4n) is 2.51. The predicted octanol–water partition coefficient (Wildman–Crippen LogP) is 0.931. The third kappa shape index (κ3) is 1.88. The van der Waals surface area contributed by atoms with Crippen LogP contribution in [0.3, 0.4) is 0 Å². The molecule has 0 bridgehead atoms. The Morgan fingerprint density at radius 3 is 2.53 bits per heavy atom. The number of carboxylic acids is 1. The summed E-state index contributed by atoms with van der Waals surface area (Å²) in [5.74, 6) is -3.14. The van der Waals surface area contributed by atoms with Crippen LogP contribution in [0.1, 0.15) is 11.5 Å². The summed E-state index contributed by atoms with van der Waals surface area (Å²) < 4.78 is 36.4. The van der Waals surface area contributed by atoms with Crippen molar-refractivity contribution in [3.8, 4) is 6.07 Å². The molecule has 1 aliphatic carbocycles. The SMILES string of the molecule is CS(=O)(=O)[C@H]1[C@@H](c2cccc(F)c2)[C@@]1(C#N)C(=O)O. The third-order valence-electron chi connectivity index (χ3n) is 3.34. The summed E-state index contributed by atoms with van der Waals surface area (Å²) in [6.45, 7) is 0. The molecule has 1 aliphatic rings. The van der Waals surface area contributed by atoms with Crippen molar-refractivity contribution in [3.63, 3.8) is 0 Å². The number of hydrogen-bond acceptors (Lipinski definition) is 4. The van der Waals surface area contributed by atoms with Gasteiger partial charge in [0.05, 0.1) is 6.07 Å². The molecule has 100 valence electrons. The van der Waals surface area contributed by atoms with Gasteiger partial charge < -0.3 is 5.11 Å². The lowest BCUT2D eigenvalue weighted by molar-refractivity contribution is -0.141. The van der Waals surface area contributed by atoms with Gasteiger partial charge in [-0.05, 0) is 17.7 Å². The van der Waals surface area contributed by atoms with Crippen LogP contribution in [0, 0.1) is 22.6 Å². The van der Waals surface area contributed by atoms with E-state index in [1.807, 2.05) is 0 Å². The molecule has 1 saturated carbocycles. The van der Waals surface area contributed by atoms with E-state index in [2.05, 4.69) is 0 Å². The molecule has 7 heteroatoms. The molecule has 0 heterocycles. The molecular weight excluding hydrogens is 273 g/mol. The first-order chi connectivity index (χ1) is 8.75. The van der Waals surface area contributed by atoms with Crippen molar-refractivity contribution < 1.29 is 22.7 Å². The van der Waals surface area contributed by atoms with E-state index >= 15 is 0 Å². The van der Waals surface area contributed by atoms with Crippen molar-refractivity contribution in [1.29, 1.82) is 5.26 Å². The number of rotatable bonds is 3. The predicted molar refractivity (Wildman–Crippen MR) is 63.5 cm³/mol. The van der Waals surface area contributed by atoms with Crippen LogP contribution >= 0.6 is 0 Å². The summed E-state index contributed by atoms with van der Waals surface area (Å²) in [6.07, 6.45) is 0.881. The number of benzene rings is 1. The molecule has 0 spiro atoms. The number of sulfone groups is 1. The normalized spacial score (nSPS) is 29.5. The van der Waals surface area contributed by atoms with Crippen LogP contribution in [0.4, 0.5) is 4.39 Å². The highest BCUT2D eigenvalue weighted by atomic mass is 32.2. The van der Waals surface area contributed by atoms with Crippen LogP contribution in [0.5, 0.6) is 0 Å². The van der Waals surface area contributed by atoms with Gasteiger partial charge in [0.2, 0.25) is 0 Å². The van der Waals surface area contributed by atoms with Gasteiger partial charge in [0.25, 0.3) is 0 Å². The fraction of sp³-hybridized carbons (Fsp3) is 0.333. The molecule has 2 rings (SSSR count). The van der Waals surface area contributed by atoms with E-state index in [-0.39, 0.29) is 5.56 Å². The number of nitriles is 1. The van der Waals surface area contributed by atoms with Crippen LogP contribution in [0.25, 0.3) is 0 Å². The summed E-state index contributed by atoms with van der Waals surface area (Å²) in [4.78, 5) is 11.3. The summed E-state index contributed by atoms with van der Waals surface area (Å²) >= 11 is 0. The quantitative estimate of drug-likeness (QED) is 0.890. The topological polar surface area (TPSA) is 95.2 Å². The van der Waals surface area contributed by atoms with Crippen molar-refractivity contribution in [1.82, 2.24) is 0 Å². The molecule has 0 amide bonds. The first-order valence-corrected chi connectivity index (χ1v) is 7.29. The highest BCUT2D eigenvalue weighted by Crippen LogP contribution is 2.62. The van der Waals surface area contributed by atoms with Gasteiger partial charge >= 0.3 is 5.97 Å². The standard InChI is InChI=1S/C12H10FNO4S/c1-19(17,18)10-9(12(10,6-14)11(15)16)7-3-2-4-8(13)5-7/h2-5,9-10H,1H3,(H,15,16)/t9-,10+,12-/m1/s1. The van der Waals surface area contributed by atoms with E-state index in [0.717, 1.165) is 18.4 Å². The van der Waals surface area contributed by atoms with Crippen molar-refractivity contribution in [2.45, 2.75) is 11.2 Å². The smallest absolute Gasteiger partial charge is 0.326 e. The van der Waals surface area contributed by atoms with Crippen molar-refractivity contribution in [2.24, 2.45) is 5.41 Å². The molecule has 5 nitrogen and oxygen atoms in total. The zero-order valence-electron chi connectivity index (χ0n) is 9.87. The number of carboxylic acid groups (broad SMARTS) is 1. The minimum absolute atomic E-state index is 0.208. The lowest BCUT2D eigenvalue weighted by Crippen LogP contribution is -2.21. The van der Waals surface area contributed by atoms with E-state index in [4.69, 9.17) is 10.4 Å². The highest BCUT2D eigenvalue weighted by molar-refractivity contribution is 7.91. The number of nitrogens with zero attached hydrogens (tertiary/aromatic N) is 1. The molecule has 0 saturated heterocycles. The number of aliphatic carboxylic acids is 1. The van der Waals surface area contributed by atoms with E-state index < -0.39 is 38.2 Å². The van der Waals surface area contributed by atoms with E-state index in [9.17, 15) is 17.6 Å². The summed E-state index contributed by atoms with van der Waals surface area (Å²) in [7, 11) is -3.73. The highest BCUT2D eigenvalue weighted by Gasteiger charge is 2.76. The van der Waals surface area contributed by atoms with Gasteiger partial charge in [-0.2, -0.15) is 5.26 Å². The molecule has 1 N–H and O–H groups in total. The molecule has 0 aliphatic heterocycles. The third-order valence-corrected chi connectivity index (χ3v) is 4.91. The van der Waals surface area contributed by atoms with E-state index in [1.165, 1.54) is 12.1 Å². The van der Waals surface area contributed by atoms with Crippen LogP contribution < -0.4 is 0 Å². The summed E-state index contributed by atoms with van der Waals surface area (Å²) in [5.41, 5.74) is -1.82. The first kappa shape index (κ1) is 13.5. The lowest BCUT2D eigenvalue weighted by Gasteiger charge is -2.01. The lowest BCUT2D eigenvalue weighted by atomic mass is 10.0. The minimum Gasteiger partial charge on any atom is -0.480 e. The number of hydrogen-bond donors (Lipinski definition) is 1. The zero-order chi connectivity index (χ0) is 14.4. The van der Waals surface area contributed by atoms with Crippen LogP contribution in [0.15, 0.2) is 24.3 Å². The average Bonchev–Trinajstić information content (AvgIpc) is 2.99. The monoisotopic (exact) mass is 283 g/mol. The maximum Gasteiger partial charge on any atom is 0.326 e. The molecule has 3 atom stereocenters. The van der Waals surface area contributed by atoms with Crippen LogP contribution in [0.2, 0.25) is 0 Å². The Bertz CT molecular complexity index is 694. The Labute approximate surface area is 109 Å². The summed E-state index contributed by atoms with van der Waals surface area (Å²) in [6, 6.07) is 6.58. The zero-order valence-corrected chi connectivity index (χ0v) is 10.7. The summed E-state index contributed by atoms with van der Waals surface area (Å²) in [5, 5.41) is 16.9. The average molecular weight is 283 g/mol. The van der Waals surface area contributed by atoms with Gasteiger partial charge in [0.15, 0.2) is 15.3 Å². The Morgan fingerprint density at radius 2 is 2.16 bits per heavy atom. The fourth-order valence-corrected chi connectivity index (χ4v) is 4.28. The van der Waals surface area contributed by atoms with Gasteiger partial charge in [0, 0.05) is 12.2 Å². The molecule has 1 aromatic carbocycles. The molecule has 0 aromatic heterocycles. The van der Waals surface area contributed by atoms with Gasteiger partial charge in [-0.15, -0.1) is 0 Å². The number of halogens is 1. The van der Waals surface area contributed by atoms with Gasteiger partial charge in [0.1, 0.15) is 11.1 Å². The molecule has 1 fully saturated rings. The minimum atomic E-state index is -3.73. The second-order valence-electron chi connectivity index (χ2n) is 4.57. The molecular formula is C12H10FNO4S. The van der Waals surface area contributed by atoms with Crippen molar-refractivity contribution in [2.75, 3.05) is 6.26 Å². The second kappa shape index (κ2) is 4.03. The van der Waals surface area contributed by atoms with Crippen LogP contribution in [-0.2, 0) is 14.6 Å². The van der Waals surface area contributed by atoms with Crippen molar-refractivity contribution in [3.05, 3.63) is 35.6 Å².